The third-order valence-electron chi connectivity index (χ3n) is 4.89. The van der Waals surface area contributed by atoms with E-state index in [-0.39, 0.29) is 5.91 Å². The number of carbonyl (C=O) groups is 1. The van der Waals surface area contributed by atoms with E-state index in [1.807, 2.05) is 24.2 Å². The number of carbonyl (C=O) groups excluding carboxylic acids is 1. The van der Waals surface area contributed by atoms with Crippen LogP contribution >= 0.6 is 11.3 Å². The molecule has 3 heterocycles. The van der Waals surface area contributed by atoms with Crippen LogP contribution in [0, 0.1) is 12.8 Å². The molecule has 1 amide bonds. The average Bonchev–Trinajstić information content (AvgIpc) is 3.14. The molecule has 1 aliphatic heterocycles. The van der Waals surface area contributed by atoms with Crippen LogP contribution < -0.4 is 5.32 Å². The zero-order chi connectivity index (χ0) is 18.7. The third-order valence-corrected chi connectivity index (χ3v) is 5.84. The van der Waals surface area contributed by atoms with Gasteiger partial charge < -0.3 is 5.32 Å². The van der Waals surface area contributed by atoms with Crippen molar-refractivity contribution in [1.82, 2.24) is 25.0 Å². The number of nitrogens with zero attached hydrogens (tertiary/aromatic N) is 4. The Kier molecular flexibility index (Phi) is 6.09. The summed E-state index contributed by atoms with van der Waals surface area (Å²) in [4.78, 5) is 19.9. The fourth-order valence-corrected chi connectivity index (χ4v) is 4.19. The van der Waals surface area contributed by atoms with Gasteiger partial charge in [0.25, 0.3) is 0 Å². The molecule has 1 fully saturated rings. The first-order valence-corrected chi connectivity index (χ1v) is 10.3. The van der Waals surface area contributed by atoms with E-state index < -0.39 is 0 Å². The van der Waals surface area contributed by atoms with Gasteiger partial charge in [0.15, 0.2) is 0 Å². The second-order valence-corrected chi connectivity index (χ2v) is 8.48. The summed E-state index contributed by atoms with van der Waals surface area (Å²) in [6.45, 7) is 9.10. The van der Waals surface area contributed by atoms with Crippen molar-refractivity contribution in [3.05, 3.63) is 23.0 Å². The number of hydrogen-bond acceptors (Lipinski definition) is 5. The first-order chi connectivity index (χ1) is 12.4. The number of rotatable bonds is 6. The van der Waals surface area contributed by atoms with Crippen molar-refractivity contribution in [3.8, 4) is 10.6 Å². The highest BCUT2D eigenvalue weighted by Gasteiger charge is 2.22. The largest absolute Gasteiger partial charge is 0.353 e. The Balaban J connectivity index is 1.53. The Morgan fingerprint density at radius 3 is 2.73 bits per heavy atom. The average molecular weight is 376 g/mol. The first-order valence-electron chi connectivity index (χ1n) is 9.37. The molecule has 1 N–H and O–H groups in total. The fourth-order valence-electron chi connectivity index (χ4n) is 3.43. The Hall–Kier alpha value is -1.73. The molecule has 2 aromatic rings. The fraction of sp³-hybridized carbons (Fsp3) is 0.632. The summed E-state index contributed by atoms with van der Waals surface area (Å²) >= 11 is 1.64. The van der Waals surface area contributed by atoms with Gasteiger partial charge in [-0.25, -0.2) is 4.98 Å². The molecule has 0 aliphatic carbocycles. The van der Waals surface area contributed by atoms with Gasteiger partial charge in [-0.3, -0.25) is 14.4 Å². The smallest absolute Gasteiger partial charge is 0.220 e. The molecule has 0 unspecified atom stereocenters. The predicted molar refractivity (Wildman–Crippen MR) is 105 cm³/mol. The number of nitrogens with one attached hydrogen (secondary N) is 1. The standard InChI is InChI=1S/C19H29N5OS/c1-13(2)9-18(25)21-15-5-7-24(8-6-15)11-16-10-17(22-23(16)4)19-14(3)20-12-26-19/h10,12-13,15H,5-9,11H2,1-4H3,(H,21,25). The zero-order valence-electron chi connectivity index (χ0n) is 16.2. The van der Waals surface area contributed by atoms with Crippen LogP contribution in [0.25, 0.3) is 10.6 Å². The molecule has 0 bridgehead atoms. The summed E-state index contributed by atoms with van der Waals surface area (Å²) in [5.41, 5.74) is 5.14. The monoisotopic (exact) mass is 375 g/mol. The Bertz CT molecular complexity index is 743. The molecule has 7 heteroatoms. The van der Waals surface area contributed by atoms with Crippen LogP contribution in [0.5, 0.6) is 0 Å². The molecule has 3 rings (SSSR count). The summed E-state index contributed by atoms with van der Waals surface area (Å²) in [5, 5.41) is 7.85. The van der Waals surface area contributed by atoms with Crippen LogP contribution in [0.1, 0.15) is 44.5 Å². The molecule has 0 saturated carbocycles. The normalized spacial score (nSPS) is 16.3. The molecular weight excluding hydrogens is 346 g/mol. The van der Waals surface area contributed by atoms with Gasteiger partial charge in [0.1, 0.15) is 5.69 Å². The van der Waals surface area contributed by atoms with E-state index in [2.05, 4.69) is 40.2 Å². The van der Waals surface area contributed by atoms with E-state index in [9.17, 15) is 4.79 Å². The highest BCUT2D eigenvalue weighted by Crippen LogP contribution is 2.27. The molecule has 0 radical (unpaired) electrons. The van der Waals surface area contributed by atoms with E-state index in [0.717, 1.165) is 48.7 Å². The van der Waals surface area contributed by atoms with E-state index in [1.165, 1.54) is 5.69 Å². The SMILES string of the molecule is Cc1ncsc1-c1cc(CN2CCC(NC(=O)CC(C)C)CC2)n(C)n1. The van der Waals surface area contributed by atoms with Crippen molar-refractivity contribution in [1.29, 1.82) is 0 Å². The minimum absolute atomic E-state index is 0.189. The first kappa shape index (κ1) is 19.0. The highest BCUT2D eigenvalue weighted by molar-refractivity contribution is 7.13. The van der Waals surface area contributed by atoms with Crippen molar-refractivity contribution < 1.29 is 4.79 Å². The van der Waals surface area contributed by atoms with Crippen LogP contribution in [0.2, 0.25) is 0 Å². The van der Waals surface area contributed by atoms with Crippen LogP contribution in [0.4, 0.5) is 0 Å². The number of aromatic nitrogens is 3. The lowest BCUT2D eigenvalue weighted by Crippen LogP contribution is -2.44. The topological polar surface area (TPSA) is 63.1 Å². The number of piperidine rings is 1. The summed E-state index contributed by atoms with van der Waals surface area (Å²) in [6, 6.07) is 2.50. The lowest BCUT2D eigenvalue weighted by Gasteiger charge is -2.32. The number of amides is 1. The van der Waals surface area contributed by atoms with Crippen LogP contribution in [-0.4, -0.2) is 44.7 Å². The van der Waals surface area contributed by atoms with E-state index in [1.54, 1.807) is 11.3 Å². The van der Waals surface area contributed by atoms with Gasteiger partial charge in [-0.1, -0.05) is 13.8 Å². The molecule has 26 heavy (non-hydrogen) atoms. The maximum atomic E-state index is 11.9. The van der Waals surface area contributed by atoms with Gasteiger partial charge in [0, 0.05) is 39.1 Å². The molecule has 0 aromatic carbocycles. The third kappa shape index (κ3) is 4.71. The maximum Gasteiger partial charge on any atom is 0.220 e. The summed E-state index contributed by atoms with van der Waals surface area (Å²) in [6.07, 6.45) is 2.65. The lowest BCUT2D eigenvalue weighted by molar-refractivity contribution is -0.122. The molecule has 2 aromatic heterocycles. The molecule has 1 aliphatic rings. The lowest BCUT2D eigenvalue weighted by atomic mass is 10.0. The van der Waals surface area contributed by atoms with Crippen molar-refractivity contribution in [2.75, 3.05) is 13.1 Å². The number of hydrogen-bond donors (Lipinski definition) is 1. The summed E-state index contributed by atoms with van der Waals surface area (Å²) in [7, 11) is 2.01. The van der Waals surface area contributed by atoms with Crippen molar-refractivity contribution in [2.45, 2.75) is 52.6 Å². The zero-order valence-corrected chi connectivity index (χ0v) is 17.0. The summed E-state index contributed by atoms with van der Waals surface area (Å²) < 4.78 is 1.98. The Morgan fingerprint density at radius 1 is 1.38 bits per heavy atom. The molecule has 0 atom stereocenters. The van der Waals surface area contributed by atoms with Gasteiger partial charge in [-0.2, -0.15) is 5.10 Å². The highest BCUT2D eigenvalue weighted by atomic mass is 32.1. The van der Waals surface area contributed by atoms with Crippen molar-refractivity contribution in [3.63, 3.8) is 0 Å². The van der Waals surface area contributed by atoms with Crippen LogP contribution in [0.15, 0.2) is 11.6 Å². The number of likely N-dealkylation sites (tertiary alicyclic amines) is 1. The van der Waals surface area contributed by atoms with Gasteiger partial charge >= 0.3 is 0 Å². The number of aryl methyl sites for hydroxylation is 2. The van der Waals surface area contributed by atoms with Crippen molar-refractivity contribution >= 4 is 17.2 Å². The van der Waals surface area contributed by atoms with Gasteiger partial charge in [0.05, 0.1) is 21.8 Å². The minimum Gasteiger partial charge on any atom is -0.353 e. The van der Waals surface area contributed by atoms with E-state index >= 15 is 0 Å². The number of thiazole rings is 1. The van der Waals surface area contributed by atoms with E-state index in [0.29, 0.717) is 18.4 Å². The molecule has 142 valence electrons. The second-order valence-electron chi connectivity index (χ2n) is 7.63. The van der Waals surface area contributed by atoms with Gasteiger partial charge in [-0.15, -0.1) is 11.3 Å². The minimum atomic E-state index is 0.189. The molecule has 6 nitrogen and oxygen atoms in total. The molecular formula is C19H29N5OS. The van der Waals surface area contributed by atoms with Gasteiger partial charge in [-0.05, 0) is 31.7 Å². The second kappa shape index (κ2) is 8.31. The predicted octanol–water partition coefficient (Wildman–Crippen LogP) is 2.98. The summed E-state index contributed by atoms with van der Waals surface area (Å²) in [5.74, 6) is 0.603. The van der Waals surface area contributed by atoms with Crippen LogP contribution in [-0.2, 0) is 18.4 Å². The van der Waals surface area contributed by atoms with E-state index in [4.69, 9.17) is 0 Å². The maximum absolute atomic E-state index is 11.9. The van der Waals surface area contributed by atoms with Gasteiger partial charge in [0.2, 0.25) is 5.91 Å². The van der Waals surface area contributed by atoms with Crippen molar-refractivity contribution in [2.24, 2.45) is 13.0 Å². The Labute approximate surface area is 159 Å². The molecule has 1 saturated heterocycles. The van der Waals surface area contributed by atoms with Crippen LogP contribution in [0.3, 0.4) is 0 Å². The molecule has 0 spiro atoms. The Morgan fingerprint density at radius 2 is 2.12 bits per heavy atom. The quantitative estimate of drug-likeness (QED) is 0.843.